The summed E-state index contributed by atoms with van der Waals surface area (Å²) in [5, 5.41) is 3.67. The molecule has 0 aromatic heterocycles. The Bertz CT molecular complexity index is 756. The van der Waals surface area contributed by atoms with Crippen LogP contribution >= 0.6 is 12.4 Å². The van der Waals surface area contributed by atoms with E-state index < -0.39 is 0 Å². The second-order valence-corrected chi connectivity index (χ2v) is 6.59. The number of hydrogen-bond acceptors (Lipinski definition) is 5. The zero-order valence-corrected chi connectivity index (χ0v) is 17.6. The average Bonchev–Trinajstić information content (AvgIpc) is 3.00. The standard InChI is InChI=1S/C22H28N2O3.ClH/c1-25-18-14-17(15-19(26-2)22(18)27-3)21(16-10-6-4-7-11-16)24-20-12-8-5-9-13-23-20;/h4,6-7,10-11,14-15,21H,5,8-9,12-13H2,1-3H3,(H,23,24);1H. The van der Waals surface area contributed by atoms with Crippen LogP contribution in [-0.4, -0.2) is 33.7 Å². The molecule has 2 aromatic rings. The molecule has 152 valence electrons. The summed E-state index contributed by atoms with van der Waals surface area (Å²) >= 11 is 0. The minimum Gasteiger partial charge on any atom is -0.493 e. The zero-order valence-electron chi connectivity index (χ0n) is 16.7. The smallest absolute Gasteiger partial charge is 0.203 e. The Kier molecular flexibility index (Phi) is 8.45. The average molecular weight is 405 g/mol. The SMILES string of the molecule is COc1cc(C(NC2=NCCCCC2)c2ccccc2)cc(OC)c1OC.Cl. The molecule has 0 radical (unpaired) electrons. The van der Waals surface area contributed by atoms with E-state index in [1.807, 2.05) is 18.2 Å². The molecule has 0 saturated carbocycles. The zero-order chi connectivity index (χ0) is 19.1. The maximum Gasteiger partial charge on any atom is 0.203 e. The molecule has 0 amide bonds. The molecule has 0 aliphatic carbocycles. The van der Waals surface area contributed by atoms with Gasteiger partial charge in [0, 0.05) is 13.0 Å². The van der Waals surface area contributed by atoms with E-state index in [0.29, 0.717) is 17.2 Å². The van der Waals surface area contributed by atoms with Gasteiger partial charge in [-0.3, -0.25) is 4.99 Å². The highest BCUT2D eigenvalue weighted by molar-refractivity contribution is 5.85. The number of aliphatic imine (C=N–C) groups is 1. The van der Waals surface area contributed by atoms with Crippen LogP contribution in [0, 0.1) is 0 Å². The van der Waals surface area contributed by atoms with Gasteiger partial charge in [-0.05, 0) is 36.1 Å². The Morgan fingerprint density at radius 1 is 0.857 bits per heavy atom. The molecule has 0 spiro atoms. The van der Waals surface area contributed by atoms with Gasteiger partial charge < -0.3 is 19.5 Å². The number of amidine groups is 1. The lowest BCUT2D eigenvalue weighted by Crippen LogP contribution is -2.29. The monoisotopic (exact) mass is 404 g/mol. The molecule has 0 fully saturated rings. The predicted octanol–water partition coefficient (Wildman–Crippen LogP) is 4.79. The molecule has 1 unspecified atom stereocenters. The number of benzene rings is 2. The van der Waals surface area contributed by atoms with Gasteiger partial charge in [0.1, 0.15) is 0 Å². The Morgan fingerprint density at radius 3 is 2.14 bits per heavy atom. The third-order valence-corrected chi connectivity index (χ3v) is 4.84. The molecule has 1 aliphatic rings. The number of hydrogen-bond donors (Lipinski definition) is 1. The quantitative estimate of drug-likeness (QED) is 0.752. The van der Waals surface area contributed by atoms with Crippen molar-refractivity contribution in [1.82, 2.24) is 5.32 Å². The molecule has 0 bridgehead atoms. The fourth-order valence-corrected chi connectivity index (χ4v) is 3.43. The normalized spacial score (nSPS) is 14.8. The van der Waals surface area contributed by atoms with Crippen LogP contribution in [0.1, 0.15) is 42.9 Å². The summed E-state index contributed by atoms with van der Waals surface area (Å²) in [6.45, 7) is 0.888. The van der Waals surface area contributed by atoms with E-state index in [9.17, 15) is 0 Å². The van der Waals surface area contributed by atoms with Crippen molar-refractivity contribution in [3.63, 3.8) is 0 Å². The molecule has 1 atom stereocenters. The van der Waals surface area contributed by atoms with Gasteiger partial charge in [-0.1, -0.05) is 36.8 Å². The van der Waals surface area contributed by atoms with Crippen molar-refractivity contribution in [3.05, 3.63) is 53.6 Å². The second kappa shape index (κ2) is 10.8. The van der Waals surface area contributed by atoms with E-state index in [1.54, 1.807) is 21.3 Å². The molecular weight excluding hydrogens is 376 g/mol. The Hall–Kier alpha value is -2.40. The Morgan fingerprint density at radius 2 is 1.54 bits per heavy atom. The number of rotatable bonds is 6. The third-order valence-electron chi connectivity index (χ3n) is 4.84. The van der Waals surface area contributed by atoms with E-state index in [2.05, 4.69) is 29.6 Å². The first kappa shape index (κ1) is 21.9. The van der Waals surface area contributed by atoms with Crippen LogP contribution in [-0.2, 0) is 0 Å². The highest BCUT2D eigenvalue weighted by Crippen LogP contribution is 2.40. The number of nitrogens with one attached hydrogen (secondary N) is 1. The molecular formula is C22H29ClN2O3. The van der Waals surface area contributed by atoms with Crippen molar-refractivity contribution in [2.45, 2.75) is 31.7 Å². The highest BCUT2D eigenvalue weighted by Gasteiger charge is 2.21. The van der Waals surface area contributed by atoms with Crippen molar-refractivity contribution >= 4 is 18.2 Å². The molecule has 3 rings (SSSR count). The lowest BCUT2D eigenvalue weighted by Gasteiger charge is -2.24. The minimum absolute atomic E-state index is 0. The van der Waals surface area contributed by atoms with Crippen LogP contribution in [0.25, 0.3) is 0 Å². The van der Waals surface area contributed by atoms with Crippen molar-refractivity contribution in [2.24, 2.45) is 4.99 Å². The first-order chi connectivity index (χ1) is 13.3. The molecule has 2 aromatic carbocycles. The lowest BCUT2D eigenvalue weighted by atomic mass is 9.97. The van der Waals surface area contributed by atoms with Crippen molar-refractivity contribution in [1.29, 1.82) is 0 Å². The summed E-state index contributed by atoms with van der Waals surface area (Å²) in [7, 11) is 4.90. The van der Waals surface area contributed by atoms with Gasteiger partial charge in [0.15, 0.2) is 11.5 Å². The van der Waals surface area contributed by atoms with Gasteiger partial charge >= 0.3 is 0 Å². The van der Waals surface area contributed by atoms with Gasteiger partial charge in [-0.25, -0.2) is 0 Å². The van der Waals surface area contributed by atoms with Crippen LogP contribution in [0.2, 0.25) is 0 Å². The summed E-state index contributed by atoms with van der Waals surface area (Å²) in [4.78, 5) is 4.75. The summed E-state index contributed by atoms with van der Waals surface area (Å²) in [5.74, 6) is 2.97. The van der Waals surface area contributed by atoms with Gasteiger partial charge in [0.2, 0.25) is 5.75 Å². The van der Waals surface area contributed by atoms with Gasteiger partial charge in [0.25, 0.3) is 0 Å². The van der Waals surface area contributed by atoms with Crippen molar-refractivity contribution < 1.29 is 14.2 Å². The summed E-state index contributed by atoms with van der Waals surface area (Å²) in [6.07, 6.45) is 4.54. The van der Waals surface area contributed by atoms with E-state index in [0.717, 1.165) is 30.8 Å². The summed E-state index contributed by atoms with van der Waals surface area (Å²) < 4.78 is 16.6. The van der Waals surface area contributed by atoms with E-state index >= 15 is 0 Å². The maximum atomic E-state index is 5.55. The highest BCUT2D eigenvalue weighted by atomic mass is 35.5. The van der Waals surface area contributed by atoms with Crippen LogP contribution in [0.15, 0.2) is 47.5 Å². The molecule has 1 aliphatic heterocycles. The maximum absolute atomic E-state index is 5.55. The van der Waals surface area contributed by atoms with Crippen LogP contribution in [0.4, 0.5) is 0 Å². The van der Waals surface area contributed by atoms with Gasteiger partial charge in [-0.15, -0.1) is 12.4 Å². The van der Waals surface area contributed by atoms with Gasteiger partial charge in [0.05, 0.1) is 33.2 Å². The number of halogens is 1. The first-order valence-corrected chi connectivity index (χ1v) is 9.41. The Labute approximate surface area is 173 Å². The van der Waals surface area contributed by atoms with E-state index in [4.69, 9.17) is 19.2 Å². The van der Waals surface area contributed by atoms with Crippen molar-refractivity contribution in [3.8, 4) is 17.2 Å². The Balaban J connectivity index is 0.00000280. The first-order valence-electron chi connectivity index (χ1n) is 9.41. The topological polar surface area (TPSA) is 52.1 Å². The fourth-order valence-electron chi connectivity index (χ4n) is 3.43. The molecule has 28 heavy (non-hydrogen) atoms. The molecule has 6 heteroatoms. The summed E-state index contributed by atoms with van der Waals surface area (Å²) in [6, 6.07) is 14.3. The molecule has 1 heterocycles. The van der Waals surface area contributed by atoms with E-state index in [1.165, 1.54) is 18.4 Å². The van der Waals surface area contributed by atoms with Crippen LogP contribution in [0.3, 0.4) is 0 Å². The fraction of sp³-hybridized carbons (Fsp3) is 0.409. The molecule has 5 nitrogen and oxygen atoms in total. The number of nitrogens with zero attached hydrogens (tertiary/aromatic N) is 1. The number of ether oxygens (including phenoxy) is 3. The van der Waals surface area contributed by atoms with Crippen molar-refractivity contribution in [2.75, 3.05) is 27.9 Å². The largest absolute Gasteiger partial charge is 0.493 e. The van der Waals surface area contributed by atoms with Crippen LogP contribution < -0.4 is 19.5 Å². The predicted molar refractivity (Wildman–Crippen MR) is 116 cm³/mol. The molecule has 0 saturated heterocycles. The second-order valence-electron chi connectivity index (χ2n) is 6.59. The van der Waals surface area contributed by atoms with E-state index in [-0.39, 0.29) is 18.4 Å². The summed E-state index contributed by atoms with van der Waals surface area (Å²) in [5.41, 5.74) is 2.21. The van der Waals surface area contributed by atoms with Crippen LogP contribution in [0.5, 0.6) is 17.2 Å². The van der Waals surface area contributed by atoms with Gasteiger partial charge in [-0.2, -0.15) is 0 Å². The lowest BCUT2D eigenvalue weighted by molar-refractivity contribution is 0.323. The minimum atomic E-state index is -0.0447. The number of methoxy groups -OCH3 is 3. The third kappa shape index (κ3) is 5.10. The molecule has 1 N–H and O–H groups in total.